The number of rotatable bonds is 3. The van der Waals surface area contributed by atoms with Crippen molar-refractivity contribution in [2.75, 3.05) is 0 Å². The molecule has 1 saturated carbocycles. The lowest BCUT2D eigenvalue weighted by molar-refractivity contribution is -0.140. The molecule has 4 heteroatoms. The molecule has 1 fully saturated rings. The highest BCUT2D eigenvalue weighted by Gasteiger charge is 2.13. The second kappa shape index (κ2) is 5.53. The molecule has 2 N–H and O–H groups in total. The molecule has 0 unspecified atom stereocenters. The fourth-order valence-corrected chi connectivity index (χ4v) is 1.65. The zero-order valence-electron chi connectivity index (χ0n) is 8.95. The second-order valence-electron chi connectivity index (χ2n) is 3.93. The molecule has 0 aromatic rings. The summed E-state index contributed by atoms with van der Waals surface area (Å²) in [6.07, 6.45) is 6.98. The quantitative estimate of drug-likeness (QED) is 0.694. The Morgan fingerprint density at radius 1 is 1.33 bits per heavy atom. The van der Waals surface area contributed by atoms with E-state index in [0.29, 0.717) is 0 Å². The molecule has 0 radical (unpaired) electrons. The number of hydrogen-bond donors (Lipinski definition) is 2. The number of amides is 1. The van der Waals surface area contributed by atoms with Crippen molar-refractivity contribution in [2.24, 2.45) is 0 Å². The molecular weight excluding hydrogens is 194 g/mol. The molecule has 0 aromatic heterocycles. The second-order valence-corrected chi connectivity index (χ2v) is 3.93. The van der Waals surface area contributed by atoms with Crippen molar-refractivity contribution in [2.45, 2.75) is 45.1 Å². The van der Waals surface area contributed by atoms with Crippen molar-refractivity contribution in [3.8, 4) is 0 Å². The predicted octanol–water partition coefficient (Wildman–Crippen LogP) is 1.47. The molecule has 0 saturated heterocycles. The molecule has 15 heavy (non-hydrogen) atoms. The third kappa shape index (κ3) is 4.14. The molecule has 0 aromatic carbocycles. The van der Waals surface area contributed by atoms with Gasteiger partial charge >= 0.3 is 5.97 Å². The van der Waals surface area contributed by atoms with Crippen LogP contribution in [0.15, 0.2) is 11.6 Å². The molecule has 84 valence electrons. The average Bonchev–Trinajstić information content (AvgIpc) is 2.18. The minimum Gasteiger partial charge on any atom is -0.480 e. The van der Waals surface area contributed by atoms with Crippen LogP contribution in [-0.4, -0.2) is 23.0 Å². The van der Waals surface area contributed by atoms with E-state index < -0.39 is 12.0 Å². The predicted molar refractivity (Wildman–Crippen MR) is 56.4 cm³/mol. The van der Waals surface area contributed by atoms with E-state index in [1.54, 1.807) is 6.08 Å². The normalized spacial score (nSPS) is 18.1. The monoisotopic (exact) mass is 211 g/mol. The van der Waals surface area contributed by atoms with Crippen LogP contribution in [0.25, 0.3) is 0 Å². The Bertz CT molecular complexity index is 276. The Morgan fingerprint density at radius 3 is 2.47 bits per heavy atom. The third-order valence-electron chi connectivity index (χ3n) is 2.56. The Kier molecular flexibility index (Phi) is 4.34. The number of carbonyl (C=O) groups is 2. The van der Waals surface area contributed by atoms with Crippen LogP contribution in [0.2, 0.25) is 0 Å². The van der Waals surface area contributed by atoms with Gasteiger partial charge in [-0.15, -0.1) is 0 Å². The highest BCUT2D eigenvalue weighted by Crippen LogP contribution is 2.22. The van der Waals surface area contributed by atoms with Crippen LogP contribution in [0.4, 0.5) is 0 Å². The van der Waals surface area contributed by atoms with Crippen LogP contribution >= 0.6 is 0 Å². The fraction of sp³-hybridized carbons (Fsp3) is 0.636. The molecule has 0 aliphatic heterocycles. The van der Waals surface area contributed by atoms with E-state index in [9.17, 15) is 9.59 Å². The summed E-state index contributed by atoms with van der Waals surface area (Å²) in [5.74, 6) is -1.30. The maximum Gasteiger partial charge on any atom is 0.325 e. The van der Waals surface area contributed by atoms with Gasteiger partial charge in [0.25, 0.3) is 0 Å². The number of hydrogen-bond acceptors (Lipinski definition) is 2. The molecule has 1 atom stereocenters. The lowest BCUT2D eigenvalue weighted by atomic mass is 9.94. The zero-order chi connectivity index (χ0) is 11.3. The minimum absolute atomic E-state index is 0.290. The summed E-state index contributed by atoms with van der Waals surface area (Å²) < 4.78 is 0. The van der Waals surface area contributed by atoms with Crippen molar-refractivity contribution in [1.82, 2.24) is 5.32 Å². The summed E-state index contributed by atoms with van der Waals surface area (Å²) in [6.45, 7) is 1.46. The van der Waals surface area contributed by atoms with Crippen LogP contribution < -0.4 is 5.32 Å². The SMILES string of the molecule is C[C@@H](NC(=O)C=C1CCCCC1)C(=O)O. The van der Waals surface area contributed by atoms with Gasteiger partial charge in [-0.3, -0.25) is 9.59 Å². The summed E-state index contributed by atoms with van der Waals surface area (Å²) in [6, 6.07) is -0.821. The molecule has 0 spiro atoms. The summed E-state index contributed by atoms with van der Waals surface area (Å²) in [5.41, 5.74) is 1.14. The van der Waals surface area contributed by atoms with Crippen LogP contribution in [0.1, 0.15) is 39.0 Å². The number of aliphatic carboxylic acids is 1. The highest BCUT2D eigenvalue weighted by molar-refractivity contribution is 5.91. The van der Waals surface area contributed by atoms with Gasteiger partial charge in [0.2, 0.25) is 5.91 Å². The van der Waals surface area contributed by atoms with Gasteiger partial charge in [0.1, 0.15) is 6.04 Å². The lowest BCUT2D eigenvalue weighted by Crippen LogP contribution is -2.37. The first-order valence-corrected chi connectivity index (χ1v) is 5.32. The standard InChI is InChI=1S/C11H17NO3/c1-8(11(14)15)12-10(13)7-9-5-3-2-4-6-9/h7-8H,2-6H2,1H3,(H,12,13)(H,14,15)/t8-/m1/s1. The first-order valence-electron chi connectivity index (χ1n) is 5.32. The maximum atomic E-state index is 11.4. The largest absolute Gasteiger partial charge is 0.480 e. The number of carboxylic acids is 1. The van der Waals surface area contributed by atoms with E-state index in [0.717, 1.165) is 31.3 Å². The molecule has 1 aliphatic rings. The molecule has 0 bridgehead atoms. The molecule has 1 aliphatic carbocycles. The van der Waals surface area contributed by atoms with E-state index >= 15 is 0 Å². The van der Waals surface area contributed by atoms with E-state index in [1.165, 1.54) is 13.3 Å². The van der Waals surface area contributed by atoms with E-state index in [1.807, 2.05) is 0 Å². The van der Waals surface area contributed by atoms with Gasteiger partial charge < -0.3 is 10.4 Å². The van der Waals surface area contributed by atoms with Crippen molar-refractivity contribution >= 4 is 11.9 Å². The Labute approximate surface area is 89.4 Å². The summed E-state index contributed by atoms with van der Waals surface area (Å²) in [7, 11) is 0. The topological polar surface area (TPSA) is 66.4 Å². The van der Waals surface area contributed by atoms with Gasteiger partial charge in [0.15, 0.2) is 0 Å². The van der Waals surface area contributed by atoms with Crippen LogP contribution in [-0.2, 0) is 9.59 Å². The minimum atomic E-state index is -1.01. The van der Waals surface area contributed by atoms with Gasteiger partial charge in [-0.1, -0.05) is 12.0 Å². The number of carbonyl (C=O) groups excluding carboxylic acids is 1. The van der Waals surface area contributed by atoms with Crippen LogP contribution in [0.5, 0.6) is 0 Å². The number of nitrogens with one attached hydrogen (secondary N) is 1. The summed E-state index contributed by atoms with van der Waals surface area (Å²) in [5, 5.41) is 11.0. The van der Waals surface area contributed by atoms with Crippen molar-refractivity contribution < 1.29 is 14.7 Å². The van der Waals surface area contributed by atoms with Gasteiger partial charge in [0.05, 0.1) is 0 Å². The van der Waals surface area contributed by atoms with E-state index in [2.05, 4.69) is 5.32 Å². The highest BCUT2D eigenvalue weighted by atomic mass is 16.4. The van der Waals surface area contributed by atoms with Crippen molar-refractivity contribution in [3.63, 3.8) is 0 Å². The first-order chi connectivity index (χ1) is 7.09. The van der Waals surface area contributed by atoms with Gasteiger partial charge in [-0.2, -0.15) is 0 Å². The molecule has 1 amide bonds. The van der Waals surface area contributed by atoms with Gasteiger partial charge in [-0.25, -0.2) is 0 Å². The maximum absolute atomic E-state index is 11.4. The average molecular weight is 211 g/mol. The smallest absolute Gasteiger partial charge is 0.325 e. The first kappa shape index (κ1) is 11.8. The Morgan fingerprint density at radius 2 is 1.93 bits per heavy atom. The number of carboxylic acid groups (broad SMARTS) is 1. The van der Waals surface area contributed by atoms with Gasteiger partial charge in [-0.05, 0) is 32.6 Å². The molecule has 4 nitrogen and oxygen atoms in total. The van der Waals surface area contributed by atoms with Crippen molar-refractivity contribution in [3.05, 3.63) is 11.6 Å². The Balaban J connectivity index is 2.43. The van der Waals surface area contributed by atoms with Crippen molar-refractivity contribution in [1.29, 1.82) is 0 Å². The van der Waals surface area contributed by atoms with E-state index in [4.69, 9.17) is 5.11 Å². The van der Waals surface area contributed by atoms with Gasteiger partial charge in [0, 0.05) is 6.08 Å². The third-order valence-corrected chi connectivity index (χ3v) is 2.56. The molecule has 0 heterocycles. The Hall–Kier alpha value is -1.32. The lowest BCUT2D eigenvalue weighted by Gasteiger charge is -2.13. The van der Waals surface area contributed by atoms with E-state index in [-0.39, 0.29) is 5.91 Å². The number of allylic oxidation sites excluding steroid dienone is 1. The zero-order valence-corrected chi connectivity index (χ0v) is 8.95. The fourth-order valence-electron chi connectivity index (χ4n) is 1.65. The summed E-state index contributed by atoms with van der Waals surface area (Å²) in [4.78, 5) is 21.9. The molecule has 1 rings (SSSR count). The summed E-state index contributed by atoms with van der Waals surface area (Å²) >= 11 is 0. The van der Waals surface area contributed by atoms with Crippen LogP contribution in [0.3, 0.4) is 0 Å². The molecular formula is C11H17NO3. The van der Waals surface area contributed by atoms with Crippen LogP contribution in [0, 0.1) is 0 Å².